The monoisotopic (exact) mass is 437 g/mol. The number of H-pyrrole nitrogens is 1. The third-order valence-electron chi connectivity index (χ3n) is 6.49. The number of nitrogens with one attached hydrogen (secondary N) is 2. The number of hydrogen-bond donors (Lipinski definition) is 3. The SMILES string of the molecule is Cc1nn(-c2cc(NCCN3CCOCC3)c3c(N)n[nH]c3c2)c2c1C(=O)CC(C)(C)C2. The molecule has 2 aromatic heterocycles. The molecule has 0 spiro atoms. The molecule has 32 heavy (non-hydrogen) atoms. The number of ketones is 1. The molecule has 2 aliphatic rings. The molecule has 0 saturated carbocycles. The van der Waals surface area contributed by atoms with Crippen molar-refractivity contribution >= 4 is 28.2 Å². The molecule has 4 N–H and O–H groups in total. The van der Waals surface area contributed by atoms with Crippen molar-refractivity contribution in [2.24, 2.45) is 5.41 Å². The van der Waals surface area contributed by atoms with Crippen LogP contribution in [0, 0.1) is 12.3 Å². The van der Waals surface area contributed by atoms with Crippen molar-refractivity contribution in [3.05, 3.63) is 29.1 Å². The summed E-state index contributed by atoms with van der Waals surface area (Å²) >= 11 is 0. The van der Waals surface area contributed by atoms with E-state index in [1.807, 2.05) is 17.7 Å². The maximum Gasteiger partial charge on any atom is 0.167 e. The van der Waals surface area contributed by atoms with Gasteiger partial charge in [0.05, 0.1) is 46.8 Å². The highest BCUT2D eigenvalue weighted by atomic mass is 16.5. The van der Waals surface area contributed by atoms with Crippen LogP contribution in [-0.2, 0) is 11.2 Å². The smallest absolute Gasteiger partial charge is 0.167 e. The second-order valence-electron chi connectivity index (χ2n) is 9.67. The number of hydrogen-bond acceptors (Lipinski definition) is 7. The third-order valence-corrected chi connectivity index (χ3v) is 6.49. The standard InChI is InChI=1S/C23H31N7O2/c1-14-20-18(12-23(2,3)13-19(20)31)30(28-14)15-10-16(21-17(11-15)26-27-22(21)24)25-4-5-29-6-8-32-9-7-29/h10-11,25H,4-9,12-13H2,1-3H3,(H3,24,26,27). The number of nitrogen functional groups attached to an aromatic ring is 1. The zero-order valence-electron chi connectivity index (χ0n) is 19.0. The Labute approximate surface area is 187 Å². The number of aromatic amines is 1. The molecule has 0 radical (unpaired) electrons. The summed E-state index contributed by atoms with van der Waals surface area (Å²) in [6.07, 6.45) is 1.36. The summed E-state index contributed by atoms with van der Waals surface area (Å²) in [5.41, 5.74) is 11.3. The van der Waals surface area contributed by atoms with E-state index in [1.165, 1.54) is 0 Å². The van der Waals surface area contributed by atoms with Gasteiger partial charge in [-0.2, -0.15) is 10.2 Å². The molecule has 1 aliphatic heterocycles. The molecule has 1 aromatic carbocycles. The Balaban J connectivity index is 1.51. The van der Waals surface area contributed by atoms with Gasteiger partial charge in [-0.15, -0.1) is 0 Å². The number of nitrogens with two attached hydrogens (primary N) is 1. The highest BCUT2D eigenvalue weighted by Gasteiger charge is 2.35. The summed E-state index contributed by atoms with van der Waals surface area (Å²) in [5.74, 6) is 0.645. The second-order valence-corrected chi connectivity index (χ2v) is 9.67. The van der Waals surface area contributed by atoms with Gasteiger partial charge in [-0.3, -0.25) is 14.8 Å². The van der Waals surface area contributed by atoms with Gasteiger partial charge >= 0.3 is 0 Å². The zero-order chi connectivity index (χ0) is 22.5. The first-order valence-corrected chi connectivity index (χ1v) is 11.3. The lowest BCUT2D eigenvalue weighted by molar-refractivity contribution is 0.0398. The fourth-order valence-corrected chi connectivity index (χ4v) is 4.96. The van der Waals surface area contributed by atoms with E-state index in [2.05, 4.69) is 40.3 Å². The first-order valence-electron chi connectivity index (χ1n) is 11.3. The Morgan fingerprint density at radius 2 is 2.03 bits per heavy atom. The number of benzene rings is 1. The first-order chi connectivity index (χ1) is 15.3. The van der Waals surface area contributed by atoms with Crippen LogP contribution in [0.2, 0.25) is 0 Å². The van der Waals surface area contributed by atoms with E-state index >= 15 is 0 Å². The summed E-state index contributed by atoms with van der Waals surface area (Å²) < 4.78 is 7.36. The van der Waals surface area contributed by atoms with Crippen LogP contribution in [0.15, 0.2) is 12.1 Å². The van der Waals surface area contributed by atoms with Crippen LogP contribution in [0.25, 0.3) is 16.6 Å². The van der Waals surface area contributed by atoms with Gasteiger partial charge in [0.1, 0.15) is 0 Å². The highest BCUT2D eigenvalue weighted by Crippen LogP contribution is 2.38. The molecule has 3 aromatic rings. The van der Waals surface area contributed by atoms with Gasteiger partial charge in [0.15, 0.2) is 11.6 Å². The molecule has 0 bridgehead atoms. The number of morpholine rings is 1. The number of anilines is 2. The number of fused-ring (bicyclic) bond motifs is 2. The lowest BCUT2D eigenvalue weighted by Gasteiger charge is -2.29. The van der Waals surface area contributed by atoms with Crippen LogP contribution >= 0.6 is 0 Å². The Morgan fingerprint density at radius 3 is 2.81 bits per heavy atom. The van der Waals surface area contributed by atoms with Crippen molar-refractivity contribution in [1.29, 1.82) is 0 Å². The molecule has 9 heteroatoms. The van der Waals surface area contributed by atoms with Gasteiger partial charge in [0, 0.05) is 38.3 Å². The molecule has 1 aliphatic carbocycles. The number of aryl methyl sites for hydroxylation is 1. The maximum absolute atomic E-state index is 12.8. The number of nitrogens with zero attached hydrogens (tertiary/aromatic N) is 4. The summed E-state index contributed by atoms with van der Waals surface area (Å²) in [7, 11) is 0. The number of aromatic nitrogens is 4. The van der Waals surface area contributed by atoms with Crippen LogP contribution in [-0.4, -0.2) is 70.1 Å². The quantitative estimate of drug-likeness (QED) is 0.562. The molecule has 3 heterocycles. The Kier molecular flexibility index (Phi) is 5.17. The van der Waals surface area contributed by atoms with Crippen molar-refractivity contribution in [2.45, 2.75) is 33.6 Å². The molecule has 5 rings (SSSR count). The maximum atomic E-state index is 12.8. The lowest BCUT2D eigenvalue weighted by Crippen LogP contribution is -2.39. The average Bonchev–Trinajstić information content (AvgIpc) is 3.28. The Bertz CT molecular complexity index is 1170. The van der Waals surface area contributed by atoms with Crippen LogP contribution in [0.4, 0.5) is 11.5 Å². The molecular formula is C23H31N7O2. The van der Waals surface area contributed by atoms with E-state index in [0.717, 1.165) is 85.0 Å². The first kappa shape index (κ1) is 21.0. The molecule has 1 fully saturated rings. The van der Waals surface area contributed by atoms with Crippen LogP contribution < -0.4 is 11.1 Å². The fourth-order valence-electron chi connectivity index (χ4n) is 4.96. The molecule has 9 nitrogen and oxygen atoms in total. The van der Waals surface area contributed by atoms with Crippen molar-refractivity contribution in [3.63, 3.8) is 0 Å². The minimum absolute atomic E-state index is 0.0872. The third kappa shape index (κ3) is 3.75. The highest BCUT2D eigenvalue weighted by molar-refractivity contribution is 6.02. The van der Waals surface area contributed by atoms with Crippen molar-refractivity contribution in [3.8, 4) is 5.69 Å². The predicted octanol–water partition coefficient (Wildman–Crippen LogP) is 2.54. The van der Waals surface area contributed by atoms with Gasteiger partial charge in [-0.05, 0) is 30.9 Å². The van der Waals surface area contributed by atoms with Crippen molar-refractivity contribution in [2.75, 3.05) is 50.4 Å². The van der Waals surface area contributed by atoms with Crippen molar-refractivity contribution < 1.29 is 9.53 Å². The number of Topliss-reactive ketones (excluding diaryl/α,β-unsaturated/α-hetero) is 1. The minimum Gasteiger partial charge on any atom is -0.383 e. The molecule has 170 valence electrons. The van der Waals surface area contributed by atoms with Crippen LogP contribution in [0.5, 0.6) is 0 Å². The van der Waals surface area contributed by atoms with E-state index in [0.29, 0.717) is 12.2 Å². The number of carbonyl (C=O) groups is 1. The molecular weight excluding hydrogens is 406 g/mol. The largest absolute Gasteiger partial charge is 0.383 e. The summed E-state index contributed by atoms with van der Waals surface area (Å²) in [5, 5.41) is 16.5. The Morgan fingerprint density at radius 1 is 1.25 bits per heavy atom. The number of carbonyl (C=O) groups excluding carboxylic acids is 1. The Hall–Kier alpha value is -2.91. The second kappa shape index (κ2) is 7.90. The van der Waals surface area contributed by atoms with Gasteiger partial charge in [-0.25, -0.2) is 4.68 Å². The summed E-state index contributed by atoms with van der Waals surface area (Å²) in [6, 6.07) is 4.07. The normalized spacial score (nSPS) is 18.8. The van der Waals surface area contributed by atoms with Gasteiger partial charge < -0.3 is 15.8 Å². The van der Waals surface area contributed by atoms with Crippen molar-refractivity contribution in [1.82, 2.24) is 24.9 Å². The predicted molar refractivity (Wildman–Crippen MR) is 125 cm³/mol. The van der Waals surface area contributed by atoms with Crippen LogP contribution in [0.1, 0.15) is 42.0 Å². The van der Waals surface area contributed by atoms with E-state index < -0.39 is 0 Å². The lowest BCUT2D eigenvalue weighted by atomic mass is 9.75. The fraction of sp³-hybridized carbons (Fsp3) is 0.522. The van der Waals surface area contributed by atoms with E-state index in [-0.39, 0.29) is 11.2 Å². The minimum atomic E-state index is -0.0872. The summed E-state index contributed by atoms with van der Waals surface area (Å²) in [4.78, 5) is 15.2. The van der Waals surface area contributed by atoms with E-state index in [4.69, 9.17) is 15.6 Å². The van der Waals surface area contributed by atoms with Crippen LogP contribution in [0.3, 0.4) is 0 Å². The molecule has 0 amide bonds. The number of ether oxygens (including phenoxy) is 1. The molecule has 0 atom stereocenters. The average molecular weight is 438 g/mol. The molecule has 0 unspecified atom stereocenters. The van der Waals surface area contributed by atoms with E-state index in [1.54, 1.807) is 0 Å². The topological polar surface area (TPSA) is 114 Å². The zero-order valence-corrected chi connectivity index (χ0v) is 19.0. The van der Waals surface area contributed by atoms with Gasteiger partial charge in [0.2, 0.25) is 0 Å². The van der Waals surface area contributed by atoms with Gasteiger partial charge in [-0.1, -0.05) is 13.8 Å². The van der Waals surface area contributed by atoms with Gasteiger partial charge in [0.25, 0.3) is 0 Å². The number of rotatable bonds is 5. The molecule has 1 saturated heterocycles. The summed E-state index contributed by atoms with van der Waals surface area (Å²) in [6.45, 7) is 11.4. The van der Waals surface area contributed by atoms with E-state index in [9.17, 15) is 4.79 Å².